The van der Waals surface area contributed by atoms with Crippen LogP contribution in [0.25, 0.3) is 0 Å². The van der Waals surface area contributed by atoms with Crippen LogP contribution < -0.4 is 10.2 Å². The number of hydrogen-bond acceptors (Lipinski definition) is 7. The normalized spacial score (nSPS) is 18.5. The lowest BCUT2D eigenvalue weighted by Gasteiger charge is -2.35. The molecule has 0 aliphatic carbocycles. The predicted molar refractivity (Wildman–Crippen MR) is 135 cm³/mol. The molecule has 12 heteroatoms. The van der Waals surface area contributed by atoms with Crippen LogP contribution in [0.3, 0.4) is 0 Å². The molecule has 2 aliphatic heterocycles. The zero-order valence-electron chi connectivity index (χ0n) is 21.6. The molecule has 2 atom stereocenters. The summed E-state index contributed by atoms with van der Waals surface area (Å²) in [5.41, 5.74) is 0.566. The van der Waals surface area contributed by atoms with Crippen molar-refractivity contribution in [2.24, 2.45) is 0 Å². The fraction of sp³-hybridized carbons (Fsp3) is 0.407. The van der Waals surface area contributed by atoms with Crippen molar-refractivity contribution in [3.05, 3.63) is 59.2 Å². The van der Waals surface area contributed by atoms with Crippen molar-refractivity contribution < 1.29 is 42.2 Å². The Morgan fingerprint density at radius 3 is 2.46 bits per heavy atom. The Morgan fingerprint density at radius 1 is 1.05 bits per heavy atom. The number of nitrogens with one attached hydrogen (secondary N) is 1. The molecule has 0 radical (unpaired) electrons. The van der Waals surface area contributed by atoms with Crippen LogP contribution in [-0.2, 0) is 35.0 Å². The minimum absolute atomic E-state index is 0.0363. The van der Waals surface area contributed by atoms with Crippen LogP contribution in [0.5, 0.6) is 0 Å². The summed E-state index contributed by atoms with van der Waals surface area (Å²) in [5, 5.41) is 2.46. The van der Waals surface area contributed by atoms with Crippen molar-refractivity contribution in [1.29, 1.82) is 0 Å². The van der Waals surface area contributed by atoms with Gasteiger partial charge in [-0.15, -0.1) is 0 Å². The number of amides is 3. The number of rotatable bonds is 7. The SMILES string of the molecule is CCc1ccc(NC(=O)[C@H](OC(C)=O)[C@H]2OCCN(c3ccc(F)c(C(=O)N4CCOCC4)c3)C2=O)cc1F. The summed E-state index contributed by atoms with van der Waals surface area (Å²) in [5.74, 6) is -4.26. The van der Waals surface area contributed by atoms with E-state index in [2.05, 4.69) is 5.32 Å². The average molecular weight is 546 g/mol. The van der Waals surface area contributed by atoms with Gasteiger partial charge in [0.15, 0.2) is 6.10 Å². The van der Waals surface area contributed by atoms with Gasteiger partial charge in [-0.1, -0.05) is 13.0 Å². The number of ether oxygens (including phenoxy) is 3. The first kappa shape index (κ1) is 28.1. The molecule has 4 rings (SSSR count). The summed E-state index contributed by atoms with van der Waals surface area (Å²) in [6.07, 6.45) is -2.77. The van der Waals surface area contributed by atoms with E-state index in [4.69, 9.17) is 14.2 Å². The van der Waals surface area contributed by atoms with Gasteiger partial charge >= 0.3 is 5.97 Å². The lowest BCUT2D eigenvalue weighted by Crippen LogP contribution is -2.56. The smallest absolute Gasteiger partial charge is 0.303 e. The maximum Gasteiger partial charge on any atom is 0.303 e. The molecule has 0 saturated carbocycles. The van der Waals surface area contributed by atoms with Gasteiger partial charge in [0.1, 0.15) is 11.6 Å². The molecular formula is C27H29F2N3O7. The van der Waals surface area contributed by atoms with E-state index in [1.165, 1.54) is 34.1 Å². The highest BCUT2D eigenvalue weighted by atomic mass is 19.1. The van der Waals surface area contributed by atoms with Crippen LogP contribution in [0.2, 0.25) is 0 Å². The lowest BCUT2D eigenvalue weighted by atomic mass is 10.1. The van der Waals surface area contributed by atoms with Crippen molar-refractivity contribution in [3.8, 4) is 0 Å². The minimum atomic E-state index is -1.69. The molecule has 208 valence electrons. The molecule has 0 bridgehead atoms. The van der Waals surface area contributed by atoms with Gasteiger partial charge in [-0.25, -0.2) is 8.78 Å². The van der Waals surface area contributed by atoms with Gasteiger partial charge in [-0.3, -0.25) is 19.2 Å². The Balaban J connectivity index is 1.56. The summed E-state index contributed by atoms with van der Waals surface area (Å²) in [6.45, 7) is 4.17. The predicted octanol–water partition coefficient (Wildman–Crippen LogP) is 2.30. The number of aryl methyl sites for hydroxylation is 1. The lowest BCUT2D eigenvalue weighted by molar-refractivity contribution is -0.167. The zero-order valence-corrected chi connectivity index (χ0v) is 21.6. The van der Waals surface area contributed by atoms with Crippen molar-refractivity contribution in [3.63, 3.8) is 0 Å². The summed E-state index contributed by atoms with van der Waals surface area (Å²) < 4.78 is 44.8. The van der Waals surface area contributed by atoms with E-state index in [1.54, 1.807) is 6.92 Å². The van der Waals surface area contributed by atoms with Gasteiger partial charge in [-0.2, -0.15) is 0 Å². The van der Waals surface area contributed by atoms with Gasteiger partial charge in [0.2, 0.25) is 6.10 Å². The van der Waals surface area contributed by atoms with Gasteiger partial charge in [0.05, 0.1) is 25.4 Å². The molecule has 2 heterocycles. The summed E-state index contributed by atoms with van der Waals surface area (Å²) in [7, 11) is 0. The molecular weight excluding hydrogens is 516 g/mol. The second-order valence-corrected chi connectivity index (χ2v) is 9.03. The third kappa shape index (κ3) is 6.40. The van der Waals surface area contributed by atoms with Crippen molar-refractivity contribution in [1.82, 2.24) is 4.90 Å². The van der Waals surface area contributed by atoms with E-state index in [0.717, 1.165) is 19.1 Å². The van der Waals surface area contributed by atoms with Gasteiger partial charge in [0, 0.05) is 37.9 Å². The Bertz CT molecular complexity index is 1270. The molecule has 0 spiro atoms. The first-order valence-electron chi connectivity index (χ1n) is 12.6. The maximum absolute atomic E-state index is 14.6. The number of halogens is 2. The van der Waals surface area contributed by atoms with Crippen molar-refractivity contribution >= 4 is 35.1 Å². The fourth-order valence-electron chi connectivity index (χ4n) is 4.42. The molecule has 0 unspecified atom stereocenters. The fourth-order valence-corrected chi connectivity index (χ4v) is 4.42. The molecule has 10 nitrogen and oxygen atoms in total. The number of carbonyl (C=O) groups is 4. The van der Waals surface area contributed by atoms with E-state index in [-0.39, 0.29) is 30.1 Å². The van der Waals surface area contributed by atoms with E-state index in [9.17, 15) is 28.0 Å². The highest BCUT2D eigenvalue weighted by molar-refractivity contribution is 6.05. The highest BCUT2D eigenvalue weighted by Crippen LogP contribution is 2.26. The molecule has 0 aromatic heterocycles. The van der Waals surface area contributed by atoms with E-state index >= 15 is 0 Å². The molecule has 39 heavy (non-hydrogen) atoms. The minimum Gasteiger partial charge on any atom is -0.449 e. The monoisotopic (exact) mass is 545 g/mol. The highest BCUT2D eigenvalue weighted by Gasteiger charge is 2.43. The average Bonchev–Trinajstić information content (AvgIpc) is 2.92. The molecule has 2 saturated heterocycles. The summed E-state index contributed by atoms with van der Waals surface area (Å²) >= 11 is 0. The number of morpholine rings is 2. The summed E-state index contributed by atoms with van der Waals surface area (Å²) in [6, 6.07) is 7.83. The van der Waals surface area contributed by atoms with E-state index < -0.39 is 47.5 Å². The maximum atomic E-state index is 14.6. The second-order valence-electron chi connectivity index (χ2n) is 9.03. The molecule has 2 aromatic rings. The molecule has 3 amide bonds. The topological polar surface area (TPSA) is 114 Å². The largest absolute Gasteiger partial charge is 0.449 e. The Kier molecular flexibility index (Phi) is 8.87. The molecule has 2 fully saturated rings. The Morgan fingerprint density at radius 2 is 1.79 bits per heavy atom. The summed E-state index contributed by atoms with van der Waals surface area (Å²) in [4.78, 5) is 54.0. The van der Waals surface area contributed by atoms with Crippen molar-refractivity contribution in [2.45, 2.75) is 32.5 Å². The van der Waals surface area contributed by atoms with Gasteiger partial charge in [-0.05, 0) is 42.3 Å². The number of benzene rings is 2. The number of carbonyl (C=O) groups excluding carboxylic acids is 4. The third-order valence-electron chi connectivity index (χ3n) is 6.44. The first-order valence-corrected chi connectivity index (χ1v) is 12.6. The van der Waals surface area contributed by atoms with Gasteiger partial charge < -0.3 is 29.3 Å². The van der Waals surface area contributed by atoms with E-state index in [1.807, 2.05) is 0 Å². The Hall–Kier alpha value is -3.90. The standard InChI is InChI=1S/C27H29F2N3O7/c1-3-17-4-5-18(14-22(17)29)30-25(34)23(39-16(2)33)24-27(36)32(10-13-38-24)19-6-7-21(28)20(15-19)26(35)31-8-11-37-12-9-31/h4-7,14-15,23-24H,3,8-13H2,1-2H3,(H,30,34)/t23-,24-/m1/s1. The van der Waals surface area contributed by atoms with Crippen LogP contribution in [0, 0.1) is 11.6 Å². The number of anilines is 2. The van der Waals surface area contributed by atoms with Crippen molar-refractivity contribution in [2.75, 3.05) is 49.7 Å². The second kappa shape index (κ2) is 12.3. The molecule has 2 aromatic carbocycles. The number of nitrogens with zero attached hydrogens (tertiary/aromatic N) is 2. The third-order valence-corrected chi connectivity index (χ3v) is 6.44. The van der Waals surface area contributed by atoms with Crippen LogP contribution in [0.1, 0.15) is 29.8 Å². The van der Waals surface area contributed by atoms with Gasteiger partial charge in [0.25, 0.3) is 17.7 Å². The van der Waals surface area contributed by atoms with E-state index in [0.29, 0.717) is 38.3 Å². The van der Waals surface area contributed by atoms with Crippen LogP contribution in [-0.4, -0.2) is 80.3 Å². The quantitative estimate of drug-likeness (QED) is 0.531. The number of hydrogen-bond donors (Lipinski definition) is 1. The van der Waals surface area contributed by atoms with Crippen LogP contribution >= 0.6 is 0 Å². The Labute approximate surface area is 223 Å². The zero-order chi connectivity index (χ0) is 28.1. The number of esters is 1. The van der Waals surface area contributed by atoms with Crippen LogP contribution in [0.4, 0.5) is 20.2 Å². The molecule has 2 aliphatic rings. The van der Waals surface area contributed by atoms with Crippen LogP contribution in [0.15, 0.2) is 36.4 Å². The first-order chi connectivity index (χ1) is 18.7. The molecule has 1 N–H and O–H groups in total.